The fourth-order valence-electron chi connectivity index (χ4n) is 2.06. The van der Waals surface area contributed by atoms with E-state index in [1.54, 1.807) is 30.3 Å². The summed E-state index contributed by atoms with van der Waals surface area (Å²) in [6.07, 6.45) is 1.14. The van der Waals surface area contributed by atoms with Crippen LogP contribution >= 0.6 is 0 Å². The Balaban J connectivity index is 1.64. The van der Waals surface area contributed by atoms with Gasteiger partial charge in [-0.25, -0.2) is 9.18 Å². The molecular weight excluding hydrogens is 283 g/mol. The van der Waals surface area contributed by atoms with Gasteiger partial charge in [-0.15, -0.1) is 0 Å². The van der Waals surface area contributed by atoms with Gasteiger partial charge in [0.1, 0.15) is 11.6 Å². The smallest absolute Gasteiger partial charge is 0.314 e. The summed E-state index contributed by atoms with van der Waals surface area (Å²) in [6.45, 7) is 0.877. The molecule has 2 aromatic rings. The summed E-state index contributed by atoms with van der Waals surface area (Å²) in [4.78, 5) is 11.6. The second-order valence-electron chi connectivity index (χ2n) is 4.94. The van der Waals surface area contributed by atoms with E-state index in [4.69, 9.17) is 0 Å². The Morgan fingerprint density at radius 2 is 1.59 bits per heavy atom. The number of hydrogen-bond donors (Lipinski definition) is 3. The van der Waals surface area contributed by atoms with Crippen LogP contribution in [0, 0.1) is 5.82 Å². The zero-order valence-electron chi connectivity index (χ0n) is 12.2. The van der Waals surface area contributed by atoms with Crippen LogP contribution in [-0.2, 0) is 12.8 Å². The first-order valence-corrected chi connectivity index (χ1v) is 7.18. The molecule has 0 saturated carbocycles. The van der Waals surface area contributed by atoms with E-state index in [-0.39, 0.29) is 17.6 Å². The number of aromatic hydroxyl groups is 1. The molecule has 2 aromatic carbocycles. The number of nitrogens with one attached hydrogen (secondary N) is 2. The summed E-state index contributed by atoms with van der Waals surface area (Å²) in [5.41, 5.74) is 1.62. The second-order valence-corrected chi connectivity index (χ2v) is 4.94. The minimum atomic E-state index is -0.268. The van der Waals surface area contributed by atoms with E-state index in [1.165, 1.54) is 6.07 Å². The largest absolute Gasteiger partial charge is 0.508 e. The molecule has 2 amide bonds. The molecule has 0 aromatic heterocycles. The maximum Gasteiger partial charge on any atom is 0.314 e. The fourth-order valence-corrected chi connectivity index (χ4v) is 2.06. The first kappa shape index (κ1) is 15.8. The predicted octanol–water partition coefficient (Wildman–Crippen LogP) is 2.62. The molecule has 0 heterocycles. The van der Waals surface area contributed by atoms with Crippen molar-refractivity contribution >= 4 is 6.03 Å². The lowest BCUT2D eigenvalue weighted by Crippen LogP contribution is -2.37. The lowest BCUT2D eigenvalue weighted by atomic mass is 10.1. The van der Waals surface area contributed by atoms with Gasteiger partial charge in [0.15, 0.2) is 0 Å². The molecule has 116 valence electrons. The first-order valence-electron chi connectivity index (χ1n) is 7.18. The quantitative estimate of drug-likeness (QED) is 0.768. The molecule has 0 radical (unpaired) electrons. The Morgan fingerprint density at radius 3 is 2.27 bits per heavy atom. The Hall–Kier alpha value is -2.56. The molecule has 0 aliphatic heterocycles. The number of carbonyl (C=O) groups excluding carboxylic acids is 1. The Bertz CT molecular complexity index is 614. The van der Waals surface area contributed by atoms with Crippen LogP contribution < -0.4 is 10.6 Å². The minimum Gasteiger partial charge on any atom is -0.508 e. The molecule has 0 unspecified atom stereocenters. The third kappa shape index (κ3) is 5.09. The molecule has 3 N–H and O–H groups in total. The highest BCUT2D eigenvalue weighted by molar-refractivity contribution is 5.73. The molecule has 2 rings (SSSR count). The number of rotatable bonds is 6. The normalized spacial score (nSPS) is 10.2. The molecule has 4 nitrogen and oxygen atoms in total. The number of phenolic OH excluding ortho intramolecular Hbond substituents is 1. The van der Waals surface area contributed by atoms with Gasteiger partial charge >= 0.3 is 6.03 Å². The van der Waals surface area contributed by atoms with E-state index in [1.807, 2.05) is 12.1 Å². The van der Waals surface area contributed by atoms with E-state index < -0.39 is 0 Å². The van der Waals surface area contributed by atoms with Gasteiger partial charge in [0, 0.05) is 13.1 Å². The van der Waals surface area contributed by atoms with Gasteiger partial charge in [-0.05, 0) is 42.2 Å². The van der Waals surface area contributed by atoms with Crippen molar-refractivity contribution in [1.29, 1.82) is 0 Å². The number of phenols is 1. The molecule has 5 heteroatoms. The van der Waals surface area contributed by atoms with E-state index >= 15 is 0 Å². The molecule has 0 bridgehead atoms. The summed E-state index contributed by atoms with van der Waals surface area (Å²) in [7, 11) is 0. The summed E-state index contributed by atoms with van der Waals surface area (Å²) in [6, 6.07) is 13.1. The van der Waals surface area contributed by atoms with Crippen LogP contribution in [0.25, 0.3) is 0 Å². The number of urea groups is 1. The summed E-state index contributed by atoms with van der Waals surface area (Å²) in [5.74, 6) is -0.0281. The Kier molecular flexibility index (Phi) is 5.77. The zero-order valence-corrected chi connectivity index (χ0v) is 12.2. The SMILES string of the molecule is O=C(NCCc1ccc(O)cc1)NCCc1ccccc1F. The van der Waals surface area contributed by atoms with Gasteiger partial charge in [0.2, 0.25) is 0 Å². The third-order valence-electron chi connectivity index (χ3n) is 3.27. The van der Waals surface area contributed by atoms with E-state index in [0.29, 0.717) is 31.5 Å². The van der Waals surface area contributed by atoms with Gasteiger partial charge in [-0.1, -0.05) is 30.3 Å². The van der Waals surface area contributed by atoms with Gasteiger partial charge in [-0.2, -0.15) is 0 Å². The fraction of sp³-hybridized carbons (Fsp3) is 0.235. The van der Waals surface area contributed by atoms with Crippen LogP contribution in [0.15, 0.2) is 48.5 Å². The number of hydrogen-bond acceptors (Lipinski definition) is 2. The average Bonchev–Trinajstić information content (AvgIpc) is 2.51. The summed E-state index contributed by atoms with van der Waals surface area (Å²) in [5, 5.41) is 14.6. The molecule has 0 spiro atoms. The minimum absolute atomic E-state index is 0.225. The van der Waals surface area contributed by atoms with Crippen LogP contribution in [-0.4, -0.2) is 24.2 Å². The molecule has 0 atom stereocenters. The maximum absolute atomic E-state index is 13.4. The van der Waals surface area contributed by atoms with E-state index in [2.05, 4.69) is 10.6 Å². The topological polar surface area (TPSA) is 61.4 Å². The first-order chi connectivity index (χ1) is 10.6. The lowest BCUT2D eigenvalue weighted by Gasteiger charge is -2.08. The van der Waals surface area contributed by atoms with Crippen molar-refractivity contribution < 1.29 is 14.3 Å². The van der Waals surface area contributed by atoms with Crippen LogP contribution in [0.4, 0.5) is 9.18 Å². The van der Waals surface area contributed by atoms with E-state index in [0.717, 1.165) is 5.56 Å². The standard InChI is InChI=1S/C17H19FN2O2/c18-16-4-2-1-3-14(16)10-12-20-17(22)19-11-9-13-5-7-15(21)8-6-13/h1-8,21H,9-12H2,(H2,19,20,22). The zero-order chi connectivity index (χ0) is 15.8. The number of carbonyl (C=O) groups is 1. The molecular formula is C17H19FN2O2. The van der Waals surface area contributed by atoms with Gasteiger partial charge in [0.25, 0.3) is 0 Å². The van der Waals surface area contributed by atoms with Crippen LogP contribution in [0.5, 0.6) is 5.75 Å². The van der Waals surface area contributed by atoms with Crippen molar-refractivity contribution in [2.45, 2.75) is 12.8 Å². The lowest BCUT2D eigenvalue weighted by molar-refractivity contribution is 0.241. The van der Waals surface area contributed by atoms with Crippen molar-refractivity contribution in [3.8, 4) is 5.75 Å². The Morgan fingerprint density at radius 1 is 0.955 bits per heavy atom. The van der Waals surface area contributed by atoms with Crippen molar-refractivity contribution in [3.63, 3.8) is 0 Å². The van der Waals surface area contributed by atoms with Crippen molar-refractivity contribution in [3.05, 3.63) is 65.5 Å². The molecule has 0 aliphatic rings. The molecule has 0 saturated heterocycles. The molecule has 0 fully saturated rings. The van der Waals surface area contributed by atoms with Crippen molar-refractivity contribution in [2.24, 2.45) is 0 Å². The number of amides is 2. The summed E-state index contributed by atoms with van der Waals surface area (Å²) < 4.78 is 13.4. The summed E-state index contributed by atoms with van der Waals surface area (Å²) >= 11 is 0. The predicted molar refractivity (Wildman–Crippen MR) is 83.3 cm³/mol. The number of benzene rings is 2. The van der Waals surface area contributed by atoms with Crippen LogP contribution in [0.3, 0.4) is 0 Å². The maximum atomic E-state index is 13.4. The van der Waals surface area contributed by atoms with Gasteiger partial charge in [-0.3, -0.25) is 0 Å². The highest BCUT2D eigenvalue weighted by Gasteiger charge is 2.03. The second kappa shape index (κ2) is 8.02. The highest BCUT2D eigenvalue weighted by atomic mass is 19.1. The Labute approximate surface area is 129 Å². The van der Waals surface area contributed by atoms with E-state index in [9.17, 15) is 14.3 Å². The molecule has 22 heavy (non-hydrogen) atoms. The highest BCUT2D eigenvalue weighted by Crippen LogP contribution is 2.09. The molecule has 0 aliphatic carbocycles. The monoisotopic (exact) mass is 302 g/mol. The van der Waals surface area contributed by atoms with Crippen molar-refractivity contribution in [1.82, 2.24) is 10.6 Å². The van der Waals surface area contributed by atoms with Gasteiger partial charge < -0.3 is 15.7 Å². The van der Waals surface area contributed by atoms with Crippen molar-refractivity contribution in [2.75, 3.05) is 13.1 Å². The number of halogens is 1. The van der Waals surface area contributed by atoms with Crippen LogP contribution in [0.1, 0.15) is 11.1 Å². The third-order valence-corrected chi connectivity index (χ3v) is 3.27. The average molecular weight is 302 g/mol. The van der Waals surface area contributed by atoms with Crippen LogP contribution in [0.2, 0.25) is 0 Å². The van der Waals surface area contributed by atoms with Gasteiger partial charge in [0.05, 0.1) is 0 Å².